The molecule has 3 heteroatoms. The van der Waals surface area contributed by atoms with Crippen molar-refractivity contribution in [1.82, 2.24) is 5.48 Å². The molecule has 0 saturated carbocycles. The van der Waals surface area contributed by atoms with Gasteiger partial charge in [-0.15, -0.1) is 0 Å². The highest BCUT2D eigenvalue weighted by Crippen LogP contribution is 2.02. The summed E-state index contributed by atoms with van der Waals surface area (Å²) in [7, 11) is 0. The van der Waals surface area contributed by atoms with Crippen LogP contribution in [0, 0.1) is 0 Å². The van der Waals surface area contributed by atoms with Gasteiger partial charge in [-0.25, -0.2) is 0 Å². The van der Waals surface area contributed by atoms with Crippen molar-refractivity contribution in [2.45, 2.75) is 45.6 Å². The minimum Gasteiger partial charge on any atom is -0.316 e. The smallest absolute Gasteiger partial charge is 0.151 e. The maximum absolute atomic E-state index is 11.0. The Labute approximate surface area is 67.8 Å². The molecule has 0 radical (unpaired) electrons. The Morgan fingerprint density at radius 2 is 2.18 bits per heavy atom. The molecule has 0 spiro atoms. The topological polar surface area (TPSA) is 49.3 Å². The molecule has 66 valence electrons. The van der Waals surface area contributed by atoms with Crippen LogP contribution in [0.5, 0.6) is 0 Å². The second-order valence-electron chi connectivity index (χ2n) is 2.64. The molecule has 0 heterocycles. The fourth-order valence-corrected chi connectivity index (χ4v) is 0.952. The lowest BCUT2D eigenvalue weighted by molar-refractivity contribution is -0.123. The first-order chi connectivity index (χ1) is 5.26. The zero-order chi connectivity index (χ0) is 8.69. The van der Waals surface area contributed by atoms with E-state index in [0.29, 0.717) is 6.42 Å². The van der Waals surface area contributed by atoms with E-state index in [9.17, 15) is 4.79 Å². The Hall–Kier alpha value is -0.410. The summed E-state index contributed by atoms with van der Waals surface area (Å²) in [6, 6.07) is -0.347. The van der Waals surface area contributed by atoms with Crippen molar-refractivity contribution in [3.63, 3.8) is 0 Å². The van der Waals surface area contributed by atoms with E-state index in [0.717, 1.165) is 19.3 Å². The highest BCUT2D eigenvalue weighted by atomic mass is 16.5. The van der Waals surface area contributed by atoms with Gasteiger partial charge in [0.15, 0.2) is 5.78 Å². The molecule has 0 aromatic rings. The Balaban J connectivity index is 3.65. The van der Waals surface area contributed by atoms with Crippen LogP contribution in [-0.2, 0) is 4.79 Å². The quantitative estimate of drug-likeness (QED) is 0.577. The largest absolute Gasteiger partial charge is 0.316 e. The maximum atomic E-state index is 11.0. The summed E-state index contributed by atoms with van der Waals surface area (Å²) in [4.78, 5) is 11.0. The maximum Gasteiger partial charge on any atom is 0.151 e. The minimum atomic E-state index is -0.347. The standard InChI is InChI=1S/C8H17NO2/c1-3-5-6-7(9-11)8(10)4-2/h7,9,11H,3-6H2,1-2H3/t7-/m0/s1. The van der Waals surface area contributed by atoms with Gasteiger partial charge in [0.25, 0.3) is 0 Å². The van der Waals surface area contributed by atoms with E-state index in [2.05, 4.69) is 6.92 Å². The van der Waals surface area contributed by atoms with Crippen molar-refractivity contribution < 1.29 is 10.0 Å². The van der Waals surface area contributed by atoms with E-state index in [4.69, 9.17) is 5.21 Å². The molecule has 0 aliphatic rings. The third-order valence-corrected chi connectivity index (χ3v) is 1.74. The van der Waals surface area contributed by atoms with E-state index < -0.39 is 0 Å². The van der Waals surface area contributed by atoms with Crippen molar-refractivity contribution in [1.29, 1.82) is 0 Å². The van der Waals surface area contributed by atoms with Crippen LogP contribution < -0.4 is 5.48 Å². The summed E-state index contributed by atoms with van der Waals surface area (Å²) in [6.45, 7) is 3.86. The molecule has 0 saturated heterocycles. The van der Waals surface area contributed by atoms with Crippen molar-refractivity contribution in [2.24, 2.45) is 0 Å². The molecular formula is C8H17NO2. The summed E-state index contributed by atoms with van der Waals surface area (Å²) in [6.07, 6.45) is 3.25. The van der Waals surface area contributed by atoms with Gasteiger partial charge in [-0.2, -0.15) is 5.48 Å². The summed E-state index contributed by atoms with van der Waals surface area (Å²) in [5, 5.41) is 8.58. The molecule has 0 bridgehead atoms. The predicted octanol–water partition coefficient (Wildman–Crippen LogP) is 1.50. The van der Waals surface area contributed by atoms with E-state index in [-0.39, 0.29) is 11.8 Å². The molecule has 0 aliphatic heterocycles. The van der Waals surface area contributed by atoms with Crippen LogP contribution in [0.1, 0.15) is 39.5 Å². The second kappa shape index (κ2) is 6.31. The van der Waals surface area contributed by atoms with E-state index in [1.165, 1.54) is 0 Å². The first kappa shape index (κ1) is 10.6. The normalized spacial score (nSPS) is 13.0. The monoisotopic (exact) mass is 159 g/mol. The lowest BCUT2D eigenvalue weighted by Crippen LogP contribution is -2.33. The number of hydrogen-bond donors (Lipinski definition) is 2. The Morgan fingerprint density at radius 3 is 2.55 bits per heavy atom. The van der Waals surface area contributed by atoms with Gasteiger partial charge in [0.05, 0.1) is 6.04 Å². The van der Waals surface area contributed by atoms with Gasteiger partial charge < -0.3 is 5.21 Å². The van der Waals surface area contributed by atoms with Crippen LogP contribution in [-0.4, -0.2) is 17.0 Å². The molecule has 0 amide bonds. The number of carbonyl (C=O) groups is 1. The van der Waals surface area contributed by atoms with Crippen LogP contribution in [0.15, 0.2) is 0 Å². The lowest BCUT2D eigenvalue weighted by Gasteiger charge is -2.11. The fraction of sp³-hybridized carbons (Fsp3) is 0.875. The van der Waals surface area contributed by atoms with Gasteiger partial charge in [0, 0.05) is 6.42 Å². The van der Waals surface area contributed by atoms with Crippen molar-refractivity contribution in [3.05, 3.63) is 0 Å². The third-order valence-electron chi connectivity index (χ3n) is 1.74. The Bertz CT molecular complexity index is 115. The molecule has 0 fully saturated rings. The number of rotatable bonds is 6. The average molecular weight is 159 g/mol. The predicted molar refractivity (Wildman–Crippen MR) is 43.5 cm³/mol. The van der Waals surface area contributed by atoms with Crippen molar-refractivity contribution >= 4 is 5.78 Å². The number of unbranched alkanes of at least 4 members (excludes halogenated alkanes) is 1. The summed E-state index contributed by atoms with van der Waals surface area (Å²) in [5.41, 5.74) is 2.04. The zero-order valence-corrected chi connectivity index (χ0v) is 7.26. The van der Waals surface area contributed by atoms with Gasteiger partial charge in [-0.3, -0.25) is 4.79 Å². The number of nitrogens with one attached hydrogen (secondary N) is 1. The fourth-order valence-electron chi connectivity index (χ4n) is 0.952. The van der Waals surface area contributed by atoms with Crippen LogP contribution in [0.2, 0.25) is 0 Å². The average Bonchev–Trinajstić information content (AvgIpc) is 2.05. The number of hydrogen-bond acceptors (Lipinski definition) is 3. The van der Waals surface area contributed by atoms with Crippen LogP contribution in [0.25, 0.3) is 0 Å². The number of ketones is 1. The zero-order valence-electron chi connectivity index (χ0n) is 7.26. The molecule has 0 rings (SSSR count). The molecule has 2 N–H and O–H groups in total. The number of Topliss-reactive ketones (excluding diaryl/α,β-unsaturated/α-hetero) is 1. The SMILES string of the molecule is CCCC[C@H](NO)C(=O)CC. The number of hydroxylamine groups is 1. The van der Waals surface area contributed by atoms with E-state index in [1.54, 1.807) is 6.92 Å². The van der Waals surface area contributed by atoms with E-state index in [1.807, 2.05) is 5.48 Å². The van der Waals surface area contributed by atoms with Crippen LogP contribution >= 0.6 is 0 Å². The molecule has 0 aromatic carbocycles. The molecule has 1 atom stereocenters. The molecule has 11 heavy (non-hydrogen) atoms. The van der Waals surface area contributed by atoms with Gasteiger partial charge >= 0.3 is 0 Å². The highest BCUT2D eigenvalue weighted by molar-refractivity contribution is 5.83. The number of carbonyl (C=O) groups excluding carboxylic acids is 1. The molecule has 0 aromatic heterocycles. The van der Waals surface area contributed by atoms with Gasteiger partial charge in [0.1, 0.15) is 0 Å². The van der Waals surface area contributed by atoms with Crippen molar-refractivity contribution in [3.8, 4) is 0 Å². The third kappa shape index (κ3) is 4.11. The minimum absolute atomic E-state index is 0.0842. The summed E-state index contributed by atoms with van der Waals surface area (Å²) >= 11 is 0. The molecule has 0 unspecified atom stereocenters. The Kier molecular flexibility index (Phi) is 6.07. The molecule has 3 nitrogen and oxygen atoms in total. The van der Waals surface area contributed by atoms with Gasteiger partial charge in [-0.05, 0) is 6.42 Å². The molecular weight excluding hydrogens is 142 g/mol. The van der Waals surface area contributed by atoms with Crippen LogP contribution in [0.3, 0.4) is 0 Å². The summed E-state index contributed by atoms with van der Waals surface area (Å²) in [5.74, 6) is 0.0842. The van der Waals surface area contributed by atoms with Gasteiger partial charge in [-0.1, -0.05) is 26.7 Å². The van der Waals surface area contributed by atoms with Crippen LogP contribution in [0.4, 0.5) is 0 Å². The highest BCUT2D eigenvalue weighted by Gasteiger charge is 2.13. The Morgan fingerprint density at radius 1 is 1.55 bits per heavy atom. The van der Waals surface area contributed by atoms with Gasteiger partial charge in [0.2, 0.25) is 0 Å². The first-order valence-corrected chi connectivity index (χ1v) is 4.18. The lowest BCUT2D eigenvalue weighted by atomic mass is 10.1. The molecule has 0 aliphatic carbocycles. The first-order valence-electron chi connectivity index (χ1n) is 4.18. The second-order valence-corrected chi connectivity index (χ2v) is 2.64. The van der Waals surface area contributed by atoms with Crippen molar-refractivity contribution in [2.75, 3.05) is 0 Å². The van der Waals surface area contributed by atoms with E-state index >= 15 is 0 Å². The summed E-state index contributed by atoms with van der Waals surface area (Å²) < 4.78 is 0.